The molecule has 0 spiro atoms. The molecule has 4 heteroatoms. The van der Waals surface area contributed by atoms with E-state index in [9.17, 15) is 0 Å². The number of rotatable bonds is 5. The number of piperidine rings is 1. The van der Waals surface area contributed by atoms with Gasteiger partial charge >= 0.3 is 0 Å². The highest BCUT2D eigenvalue weighted by Gasteiger charge is 2.33. The van der Waals surface area contributed by atoms with E-state index in [1.807, 2.05) is 18.4 Å². The first kappa shape index (κ1) is 16.0. The van der Waals surface area contributed by atoms with Gasteiger partial charge < -0.3 is 10.5 Å². The number of nitrogens with zero attached hydrogens (tertiary/aromatic N) is 1. The Labute approximate surface area is 127 Å². The lowest BCUT2D eigenvalue weighted by Crippen LogP contribution is -2.49. The molecule has 2 N–H and O–H groups in total. The lowest BCUT2D eigenvalue weighted by atomic mass is 9.92. The highest BCUT2D eigenvalue weighted by atomic mass is 32.1. The molecule has 4 unspecified atom stereocenters. The second-order valence-electron chi connectivity index (χ2n) is 6.00. The predicted octanol–water partition coefficient (Wildman–Crippen LogP) is 3.19. The standard InChI is InChI=1S/C16H28N2OS/c1-5-13(17)16(15-7-6-12(3)20-15)18-9-8-11(2)14(10-18)19-4/h6-7,11,13-14,16H,5,8-10,17H2,1-4H3. The maximum atomic E-state index is 6.44. The van der Waals surface area contributed by atoms with Crippen molar-refractivity contribution < 1.29 is 4.74 Å². The lowest BCUT2D eigenvalue weighted by Gasteiger charge is -2.42. The Morgan fingerprint density at radius 1 is 1.50 bits per heavy atom. The van der Waals surface area contributed by atoms with Gasteiger partial charge in [-0.1, -0.05) is 13.8 Å². The van der Waals surface area contributed by atoms with E-state index in [2.05, 4.69) is 37.8 Å². The van der Waals surface area contributed by atoms with Gasteiger partial charge in [-0.05, 0) is 44.4 Å². The summed E-state index contributed by atoms with van der Waals surface area (Å²) >= 11 is 1.88. The normalized spacial score (nSPS) is 27.4. The van der Waals surface area contributed by atoms with E-state index in [0.29, 0.717) is 18.1 Å². The third kappa shape index (κ3) is 3.42. The van der Waals surface area contributed by atoms with Gasteiger partial charge in [0.25, 0.3) is 0 Å². The van der Waals surface area contributed by atoms with Crippen LogP contribution in [-0.2, 0) is 4.74 Å². The van der Waals surface area contributed by atoms with E-state index in [1.165, 1.54) is 16.2 Å². The van der Waals surface area contributed by atoms with Crippen molar-refractivity contribution in [1.29, 1.82) is 0 Å². The van der Waals surface area contributed by atoms with Crippen molar-refractivity contribution in [3.05, 3.63) is 21.9 Å². The summed E-state index contributed by atoms with van der Waals surface area (Å²) in [6.07, 6.45) is 2.53. The number of ether oxygens (including phenoxy) is 1. The molecule has 1 aromatic heterocycles. The van der Waals surface area contributed by atoms with Gasteiger partial charge in [0.1, 0.15) is 0 Å². The SMILES string of the molecule is CCC(N)C(c1ccc(C)s1)N1CCC(C)C(OC)C1. The number of aryl methyl sites for hydroxylation is 1. The second-order valence-corrected chi connectivity index (χ2v) is 7.32. The van der Waals surface area contributed by atoms with Gasteiger partial charge in [0.2, 0.25) is 0 Å². The van der Waals surface area contributed by atoms with Crippen LogP contribution >= 0.6 is 11.3 Å². The molecule has 1 fully saturated rings. The molecule has 1 aliphatic rings. The predicted molar refractivity (Wildman–Crippen MR) is 86.2 cm³/mol. The summed E-state index contributed by atoms with van der Waals surface area (Å²) in [7, 11) is 1.83. The van der Waals surface area contributed by atoms with Crippen molar-refractivity contribution in [1.82, 2.24) is 4.90 Å². The molecule has 1 saturated heterocycles. The van der Waals surface area contributed by atoms with Crippen LogP contribution in [0, 0.1) is 12.8 Å². The van der Waals surface area contributed by atoms with Crippen molar-refractivity contribution in [2.24, 2.45) is 11.7 Å². The fourth-order valence-electron chi connectivity index (χ4n) is 3.11. The summed E-state index contributed by atoms with van der Waals surface area (Å²) < 4.78 is 5.66. The van der Waals surface area contributed by atoms with E-state index in [0.717, 1.165) is 19.5 Å². The highest BCUT2D eigenvalue weighted by Crippen LogP contribution is 2.34. The van der Waals surface area contributed by atoms with Crippen molar-refractivity contribution >= 4 is 11.3 Å². The summed E-state index contributed by atoms with van der Waals surface area (Å²) in [4.78, 5) is 5.30. The lowest BCUT2D eigenvalue weighted by molar-refractivity contribution is -0.0228. The Morgan fingerprint density at radius 3 is 2.80 bits per heavy atom. The number of nitrogens with two attached hydrogens (primary N) is 1. The molecule has 0 bridgehead atoms. The van der Waals surface area contributed by atoms with Gasteiger partial charge in [-0.25, -0.2) is 0 Å². The topological polar surface area (TPSA) is 38.5 Å². The smallest absolute Gasteiger partial charge is 0.0724 e. The molecule has 0 aromatic carbocycles. The third-order valence-electron chi connectivity index (χ3n) is 4.55. The molecule has 2 heterocycles. The van der Waals surface area contributed by atoms with Gasteiger partial charge in [-0.3, -0.25) is 4.90 Å². The molecule has 1 aliphatic heterocycles. The van der Waals surface area contributed by atoms with Crippen LogP contribution < -0.4 is 5.73 Å². The Hall–Kier alpha value is -0.420. The Kier molecular flexibility index (Phi) is 5.61. The largest absolute Gasteiger partial charge is 0.380 e. The summed E-state index contributed by atoms with van der Waals surface area (Å²) in [6.45, 7) is 8.75. The molecule has 2 rings (SSSR count). The number of hydrogen-bond donors (Lipinski definition) is 1. The zero-order chi connectivity index (χ0) is 14.7. The quantitative estimate of drug-likeness (QED) is 0.907. The van der Waals surface area contributed by atoms with Gasteiger partial charge in [0, 0.05) is 29.5 Å². The van der Waals surface area contributed by atoms with Gasteiger partial charge in [0.05, 0.1) is 12.1 Å². The molecule has 1 aromatic rings. The number of methoxy groups -OCH3 is 1. The minimum absolute atomic E-state index is 0.193. The van der Waals surface area contributed by atoms with Gasteiger partial charge in [-0.2, -0.15) is 0 Å². The summed E-state index contributed by atoms with van der Waals surface area (Å²) in [5, 5.41) is 0. The molecule has 20 heavy (non-hydrogen) atoms. The molecular formula is C16H28N2OS. The monoisotopic (exact) mass is 296 g/mol. The highest BCUT2D eigenvalue weighted by molar-refractivity contribution is 7.12. The Bertz CT molecular complexity index is 420. The first-order chi connectivity index (χ1) is 9.56. The number of likely N-dealkylation sites (tertiary alicyclic amines) is 1. The third-order valence-corrected chi connectivity index (χ3v) is 5.62. The van der Waals surface area contributed by atoms with Crippen molar-refractivity contribution in [2.45, 2.75) is 51.8 Å². The summed E-state index contributed by atoms with van der Waals surface area (Å²) in [5.74, 6) is 0.639. The van der Waals surface area contributed by atoms with Crippen LogP contribution in [0.2, 0.25) is 0 Å². The summed E-state index contributed by atoms with van der Waals surface area (Å²) in [6, 6.07) is 4.98. The maximum absolute atomic E-state index is 6.44. The van der Waals surface area contributed by atoms with E-state index < -0.39 is 0 Å². The van der Waals surface area contributed by atoms with E-state index in [4.69, 9.17) is 10.5 Å². The summed E-state index contributed by atoms with van der Waals surface area (Å²) in [5.41, 5.74) is 6.44. The molecule has 114 valence electrons. The first-order valence-corrected chi connectivity index (χ1v) is 8.47. The van der Waals surface area contributed by atoms with Crippen LogP contribution in [0.4, 0.5) is 0 Å². The van der Waals surface area contributed by atoms with E-state index in [-0.39, 0.29) is 6.04 Å². The van der Waals surface area contributed by atoms with Crippen molar-refractivity contribution in [2.75, 3.05) is 20.2 Å². The molecule has 0 aliphatic carbocycles. The number of hydrogen-bond acceptors (Lipinski definition) is 4. The molecule has 4 atom stereocenters. The van der Waals surface area contributed by atoms with Crippen molar-refractivity contribution in [3.63, 3.8) is 0 Å². The number of thiophene rings is 1. The maximum Gasteiger partial charge on any atom is 0.0724 e. The van der Waals surface area contributed by atoms with Crippen molar-refractivity contribution in [3.8, 4) is 0 Å². The molecule has 0 amide bonds. The Balaban J connectivity index is 2.19. The molecule has 3 nitrogen and oxygen atoms in total. The van der Waals surface area contributed by atoms with Crippen LogP contribution in [0.3, 0.4) is 0 Å². The van der Waals surface area contributed by atoms with Gasteiger partial charge in [-0.15, -0.1) is 11.3 Å². The fourth-order valence-corrected chi connectivity index (χ4v) is 4.20. The Morgan fingerprint density at radius 2 is 2.25 bits per heavy atom. The van der Waals surface area contributed by atoms with E-state index in [1.54, 1.807) is 0 Å². The van der Waals surface area contributed by atoms with Crippen LogP contribution in [0.1, 0.15) is 42.5 Å². The molecule has 0 radical (unpaired) electrons. The minimum Gasteiger partial charge on any atom is -0.380 e. The fraction of sp³-hybridized carbons (Fsp3) is 0.750. The molecule has 0 saturated carbocycles. The van der Waals surface area contributed by atoms with Crippen LogP contribution in [0.15, 0.2) is 12.1 Å². The molecular weight excluding hydrogens is 268 g/mol. The zero-order valence-electron chi connectivity index (χ0n) is 13.1. The van der Waals surface area contributed by atoms with Gasteiger partial charge in [0.15, 0.2) is 0 Å². The second kappa shape index (κ2) is 7.03. The minimum atomic E-state index is 0.193. The van der Waals surface area contributed by atoms with E-state index >= 15 is 0 Å². The van der Waals surface area contributed by atoms with Crippen LogP contribution in [-0.4, -0.2) is 37.2 Å². The average molecular weight is 296 g/mol. The first-order valence-electron chi connectivity index (χ1n) is 7.65. The zero-order valence-corrected chi connectivity index (χ0v) is 14.0. The average Bonchev–Trinajstić information content (AvgIpc) is 2.86. The van der Waals surface area contributed by atoms with Crippen LogP contribution in [0.5, 0.6) is 0 Å². The van der Waals surface area contributed by atoms with Crippen LogP contribution in [0.25, 0.3) is 0 Å².